The summed E-state index contributed by atoms with van der Waals surface area (Å²) in [6.07, 6.45) is 11.5. The molecule has 0 spiro atoms. The summed E-state index contributed by atoms with van der Waals surface area (Å²) >= 11 is 0. The van der Waals surface area contributed by atoms with E-state index in [1.165, 1.54) is 64.5 Å². The van der Waals surface area contributed by atoms with Crippen LogP contribution in [0.25, 0.3) is 0 Å². The Morgan fingerprint density at radius 2 is 1.89 bits per heavy atom. The third-order valence-corrected chi connectivity index (χ3v) is 4.96. The normalized spacial score (nSPS) is 39.0. The Morgan fingerprint density at radius 3 is 2.89 bits per heavy atom. The summed E-state index contributed by atoms with van der Waals surface area (Å²) in [7, 11) is 0. The van der Waals surface area contributed by atoms with Crippen molar-refractivity contribution in [3.05, 3.63) is 0 Å². The predicted octanol–water partition coefficient (Wildman–Crippen LogP) is 2.16. The second-order valence-corrected chi connectivity index (χ2v) is 6.26. The van der Waals surface area contributed by atoms with Gasteiger partial charge in [0.2, 0.25) is 0 Å². The van der Waals surface area contributed by atoms with E-state index in [9.17, 15) is 0 Å². The summed E-state index contributed by atoms with van der Waals surface area (Å²) in [4.78, 5) is 2.73. The molecule has 3 rings (SSSR count). The van der Waals surface area contributed by atoms with E-state index >= 15 is 0 Å². The fourth-order valence-corrected chi connectivity index (χ4v) is 3.94. The van der Waals surface area contributed by atoms with Crippen molar-refractivity contribution in [3.63, 3.8) is 0 Å². The van der Waals surface area contributed by atoms with E-state index in [1.54, 1.807) is 0 Å². The van der Waals surface area contributed by atoms with Crippen LogP contribution in [0.5, 0.6) is 0 Å². The number of hydrogen-bond acceptors (Lipinski definition) is 3. The van der Waals surface area contributed by atoms with Crippen LogP contribution in [0.15, 0.2) is 0 Å². The molecule has 3 heteroatoms. The fraction of sp³-hybridized carbons (Fsp3) is 1.00. The molecule has 0 aromatic carbocycles. The first kappa shape index (κ1) is 12.9. The summed E-state index contributed by atoms with van der Waals surface area (Å²) < 4.78 is 5.96. The third kappa shape index (κ3) is 3.06. The monoisotopic (exact) mass is 252 g/mol. The van der Waals surface area contributed by atoms with Crippen LogP contribution < -0.4 is 5.32 Å². The van der Waals surface area contributed by atoms with Crippen molar-refractivity contribution in [2.45, 2.75) is 69.6 Å². The van der Waals surface area contributed by atoms with E-state index in [-0.39, 0.29) is 0 Å². The lowest BCUT2D eigenvalue weighted by Crippen LogP contribution is -2.55. The van der Waals surface area contributed by atoms with Crippen molar-refractivity contribution >= 4 is 0 Å². The van der Waals surface area contributed by atoms with Crippen LogP contribution in [0, 0.1) is 0 Å². The van der Waals surface area contributed by atoms with Gasteiger partial charge in [0.15, 0.2) is 0 Å². The largest absolute Gasteiger partial charge is 0.375 e. The molecule has 0 radical (unpaired) electrons. The first-order chi connectivity index (χ1) is 8.93. The first-order valence-corrected chi connectivity index (χ1v) is 8.02. The predicted molar refractivity (Wildman–Crippen MR) is 73.8 cm³/mol. The molecule has 104 valence electrons. The second kappa shape index (κ2) is 6.36. The van der Waals surface area contributed by atoms with Crippen LogP contribution >= 0.6 is 0 Å². The molecule has 18 heavy (non-hydrogen) atoms. The molecule has 1 saturated carbocycles. The van der Waals surface area contributed by atoms with Crippen molar-refractivity contribution in [1.29, 1.82) is 0 Å². The molecule has 1 N–H and O–H groups in total. The molecular weight excluding hydrogens is 224 g/mol. The highest BCUT2D eigenvalue weighted by molar-refractivity contribution is 4.89. The van der Waals surface area contributed by atoms with Gasteiger partial charge < -0.3 is 10.1 Å². The van der Waals surface area contributed by atoms with Gasteiger partial charge in [0.05, 0.1) is 12.7 Å². The fourth-order valence-electron chi connectivity index (χ4n) is 3.94. The van der Waals surface area contributed by atoms with Gasteiger partial charge in [0.25, 0.3) is 0 Å². The molecule has 3 unspecified atom stereocenters. The molecule has 2 heterocycles. The van der Waals surface area contributed by atoms with Gasteiger partial charge >= 0.3 is 0 Å². The van der Waals surface area contributed by atoms with Gasteiger partial charge in [-0.25, -0.2) is 0 Å². The molecule has 3 atom stereocenters. The second-order valence-electron chi connectivity index (χ2n) is 6.26. The zero-order valence-electron chi connectivity index (χ0n) is 11.6. The van der Waals surface area contributed by atoms with Gasteiger partial charge in [-0.3, -0.25) is 4.90 Å². The highest BCUT2D eigenvalue weighted by Crippen LogP contribution is 2.28. The van der Waals surface area contributed by atoms with Crippen molar-refractivity contribution in [2.75, 3.05) is 26.2 Å². The van der Waals surface area contributed by atoms with Crippen molar-refractivity contribution in [2.24, 2.45) is 0 Å². The zero-order valence-corrected chi connectivity index (χ0v) is 11.6. The van der Waals surface area contributed by atoms with E-state index in [1.807, 2.05) is 0 Å². The molecule has 3 nitrogen and oxygen atoms in total. The standard InChI is InChI=1S/C15H28N2O/c1-2-6-13(16-9-5-1)12-17-10-11-18-15-8-4-3-7-14(15)17/h13-16H,1-12H2. The lowest BCUT2D eigenvalue weighted by molar-refractivity contribution is -0.0902. The van der Waals surface area contributed by atoms with Crippen LogP contribution in [0.3, 0.4) is 0 Å². The lowest BCUT2D eigenvalue weighted by Gasteiger charge is -2.45. The number of nitrogens with one attached hydrogen (secondary N) is 1. The molecule has 0 aromatic rings. The average molecular weight is 252 g/mol. The molecule has 3 aliphatic rings. The number of morpholine rings is 1. The lowest BCUT2D eigenvalue weighted by atomic mass is 9.89. The summed E-state index contributed by atoms with van der Waals surface area (Å²) in [6, 6.07) is 1.45. The SMILES string of the molecule is C1CCNC(CN2CCOC3CCCCC32)CC1. The van der Waals surface area contributed by atoms with Crippen molar-refractivity contribution in [1.82, 2.24) is 10.2 Å². The minimum Gasteiger partial charge on any atom is -0.375 e. The summed E-state index contributed by atoms with van der Waals surface area (Å²) in [5, 5.41) is 3.74. The molecule has 3 fully saturated rings. The smallest absolute Gasteiger partial charge is 0.0730 e. The van der Waals surface area contributed by atoms with Crippen LogP contribution in [0.2, 0.25) is 0 Å². The minimum absolute atomic E-state index is 0.540. The van der Waals surface area contributed by atoms with Gasteiger partial charge in [-0.2, -0.15) is 0 Å². The zero-order chi connectivity index (χ0) is 12.2. The Bertz CT molecular complexity index is 249. The molecule has 0 amide bonds. The maximum atomic E-state index is 5.96. The van der Waals surface area contributed by atoms with E-state index < -0.39 is 0 Å². The summed E-state index contributed by atoms with van der Waals surface area (Å²) in [5.74, 6) is 0. The van der Waals surface area contributed by atoms with Crippen molar-refractivity contribution in [3.8, 4) is 0 Å². The Kier molecular flexibility index (Phi) is 4.55. The van der Waals surface area contributed by atoms with Gasteiger partial charge in [0.1, 0.15) is 0 Å². The minimum atomic E-state index is 0.540. The van der Waals surface area contributed by atoms with Crippen LogP contribution in [-0.2, 0) is 4.74 Å². The summed E-state index contributed by atoms with van der Waals surface area (Å²) in [6.45, 7) is 4.58. The van der Waals surface area contributed by atoms with Gasteiger partial charge in [-0.1, -0.05) is 25.7 Å². The summed E-state index contributed by atoms with van der Waals surface area (Å²) in [5.41, 5.74) is 0. The number of ether oxygens (including phenoxy) is 1. The Hall–Kier alpha value is -0.120. The van der Waals surface area contributed by atoms with Crippen LogP contribution in [0.4, 0.5) is 0 Å². The maximum absolute atomic E-state index is 5.96. The number of hydrogen-bond donors (Lipinski definition) is 1. The first-order valence-electron chi connectivity index (χ1n) is 8.02. The average Bonchev–Trinajstić information content (AvgIpc) is 2.68. The number of rotatable bonds is 2. The Morgan fingerprint density at radius 1 is 1.00 bits per heavy atom. The molecular formula is C15H28N2O. The molecule has 1 aliphatic carbocycles. The maximum Gasteiger partial charge on any atom is 0.0730 e. The van der Waals surface area contributed by atoms with E-state index in [0.29, 0.717) is 6.10 Å². The van der Waals surface area contributed by atoms with E-state index in [2.05, 4.69) is 10.2 Å². The van der Waals surface area contributed by atoms with Crippen LogP contribution in [-0.4, -0.2) is 49.3 Å². The van der Waals surface area contributed by atoms with E-state index in [0.717, 1.165) is 25.2 Å². The molecule has 0 bridgehead atoms. The number of fused-ring (bicyclic) bond motifs is 1. The number of nitrogens with zero attached hydrogens (tertiary/aromatic N) is 1. The van der Waals surface area contributed by atoms with Gasteiger partial charge in [-0.05, 0) is 32.2 Å². The molecule has 2 saturated heterocycles. The van der Waals surface area contributed by atoms with Gasteiger partial charge in [-0.15, -0.1) is 0 Å². The highest BCUT2D eigenvalue weighted by atomic mass is 16.5. The Balaban J connectivity index is 1.56. The molecule has 2 aliphatic heterocycles. The van der Waals surface area contributed by atoms with Crippen LogP contribution in [0.1, 0.15) is 51.4 Å². The van der Waals surface area contributed by atoms with E-state index in [4.69, 9.17) is 4.74 Å². The van der Waals surface area contributed by atoms with Gasteiger partial charge in [0, 0.05) is 25.2 Å². The molecule has 0 aromatic heterocycles. The van der Waals surface area contributed by atoms with Crippen molar-refractivity contribution < 1.29 is 4.74 Å². The highest BCUT2D eigenvalue weighted by Gasteiger charge is 2.34. The topological polar surface area (TPSA) is 24.5 Å². The Labute approximate surface area is 111 Å². The quantitative estimate of drug-likeness (QED) is 0.815. The third-order valence-electron chi connectivity index (χ3n) is 4.96.